The molecule has 0 fully saturated rings. The Morgan fingerprint density at radius 2 is 1.88 bits per heavy atom. The maximum atomic E-state index is 13.2. The maximum absolute atomic E-state index is 13.2. The molecule has 1 N–H and O–H groups in total. The lowest BCUT2D eigenvalue weighted by Crippen LogP contribution is -2.14. The van der Waals surface area contributed by atoms with Gasteiger partial charge >= 0.3 is 0 Å². The number of anilines is 1. The normalized spacial score (nSPS) is 11.0. The number of hydrogen-bond acceptors (Lipinski definition) is 6. The molecule has 5 aromatic rings. The molecule has 9 nitrogen and oxygen atoms in total. The summed E-state index contributed by atoms with van der Waals surface area (Å²) in [4.78, 5) is 22.1. The molecule has 0 unspecified atom stereocenters. The van der Waals surface area contributed by atoms with Gasteiger partial charge in [-0.05, 0) is 35.9 Å². The van der Waals surface area contributed by atoms with Gasteiger partial charge in [-0.15, -0.1) is 5.10 Å². The number of carbonyl (C=O) groups excluding carboxylic acids is 1. The number of nitrogens with zero attached hydrogens (tertiary/aromatic N) is 6. The van der Waals surface area contributed by atoms with Crippen molar-refractivity contribution in [1.82, 2.24) is 29.5 Å². The second kappa shape index (κ2) is 8.54. The molecule has 0 aliphatic carbocycles. The van der Waals surface area contributed by atoms with E-state index in [-0.39, 0.29) is 11.9 Å². The first-order valence-corrected chi connectivity index (χ1v) is 10.3. The van der Waals surface area contributed by atoms with Crippen molar-refractivity contribution in [1.29, 1.82) is 0 Å². The van der Waals surface area contributed by atoms with E-state index in [0.717, 1.165) is 16.9 Å². The highest BCUT2D eigenvalue weighted by molar-refractivity contribution is 6.12. The van der Waals surface area contributed by atoms with E-state index in [1.165, 1.54) is 0 Å². The predicted octanol–water partition coefficient (Wildman–Crippen LogP) is 3.54. The first kappa shape index (κ1) is 20.4. The number of amides is 1. The molecule has 33 heavy (non-hydrogen) atoms. The quantitative estimate of drug-likeness (QED) is 0.434. The molecular formula is C24H21N7O2. The van der Waals surface area contributed by atoms with Gasteiger partial charge in [-0.3, -0.25) is 14.8 Å². The average Bonchev–Trinajstić information content (AvgIpc) is 3.45. The highest BCUT2D eigenvalue weighted by Crippen LogP contribution is 2.26. The summed E-state index contributed by atoms with van der Waals surface area (Å²) in [5.74, 6) is 0.647. The predicted molar refractivity (Wildman–Crippen MR) is 124 cm³/mol. The van der Waals surface area contributed by atoms with Crippen molar-refractivity contribution in [2.45, 2.75) is 6.54 Å². The van der Waals surface area contributed by atoms with Crippen LogP contribution in [0.4, 0.5) is 5.95 Å². The summed E-state index contributed by atoms with van der Waals surface area (Å²) in [6.45, 7) is 0.563. The molecule has 2 aromatic carbocycles. The third-order valence-corrected chi connectivity index (χ3v) is 5.28. The Balaban J connectivity index is 1.44. The Hall–Kier alpha value is -4.53. The number of methoxy groups -OCH3 is 1. The lowest BCUT2D eigenvalue weighted by molar-refractivity contribution is 0.102. The Kier molecular flexibility index (Phi) is 5.27. The van der Waals surface area contributed by atoms with Gasteiger partial charge in [-0.1, -0.05) is 30.3 Å². The molecule has 164 valence electrons. The molecule has 5 rings (SSSR count). The number of hydrogen-bond donors (Lipinski definition) is 1. The van der Waals surface area contributed by atoms with E-state index in [2.05, 4.69) is 20.5 Å². The number of aromatic nitrogens is 6. The van der Waals surface area contributed by atoms with E-state index >= 15 is 0 Å². The molecule has 0 saturated heterocycles. The summed E-state index contributed by atoms with van der Waals surface area (Å²) in [5, 5.41) is 12.1. The van der Waals surface area contributed by atoms with Crippen LogP contribution in [-0.4, -0.2) is 42.5 Å². The highest BCUT2D eigenvalue weighted by atomic mass is 16.5. The van der Waals surface area contributed by atoms with Gasteiger partial charge < -0.3 is 4.74 Å². The summed E-state index contributed by atoms with van der Waals surface area (Å²) < 4.78 is 8.56. The van der Waals surface area contributed by atoms with Gasteiger partial charge in [0.15, 0.2) is 5.65 Å². The topological polar surface area (TPSA) is 99.7 Å². The van der Waals surface area contributed by atoms with Gasteiger partial charge in [0.2, 0.25) is 5.95 Å². The molecule has 9 heteroatoms. The van der Waals surface area contributed by atoms with Crippen molar-refractivity contribution >= 4 is 22.9 Å². The Bertz CT molecular complexity index is 1420. The van der Waals surface area contributed by atoms with Crippen molar-refractivity contribution in [2.24, 2.45) is 7.05 Å². The van der Waals surface area contributed by atoms with Crippen LogP contribution in [0.2, 0.25) is 0 Å². The van der Waals surface area contributed by atoms with Crippen LogP contribution in [0.25, 0.3) is 22.3 Å². The van der Waals surface area contributed by atoms with Gasteiger partial charge in [-0.2, -0.15) is 5.10 Å². The molecule has 0 atom stereocenters. The summed E-state index contributed by atoms with van der Waals surface area (Å²) in [7, 11) is 3.41. The third kappa shape index (κ3) is 4.16. The molecule has 0 radical (unpaired) electrons. The Labute approximate surface area is 189 Å². The number of rotatable bonds is 6. The van der Waals surface area contributed by atoms with Crippen LogP contribution >= 0.6 is 0 Å². The largest absolute Gasteiger partial charge is 0.497 e. The number of carbonyl (C=O) groups is 1. The van der Waals surface area contributed by atoms with Crippen LogP contribution in [0.15, 0.2) is 73.2 Å². The number of benzene rings is 2. The van der Waals surface area contributed by atoms with Crippen LogP contribution in [0.5, 0.6) is 5.75 Å². The van der Waals surface area contributed by atoms with E-state index in [1.54, 1.807) is 42.1 Å². The van der Waals surface area contributed by atoms with Gasteiger partial charge in [0.1, 0.15) is 12.1 Å². The van der Waals surface area contributed by atoms with Gasteiger partial charge in [0, 0.05) is 12.6 Å². The lowest BCUT2D eigenvalue weighted by atomic mass is 10.1. The van der Waals surface area contributed by atoms with Crippen molar-refractivity contribution in [3.8, 4) is 17.0 Å². The minimum atomic E-state index is -0.331. The number of ether oxygens (including phenoxy) is 1. The molecule has 1 amide bonds. The van der Waals surface area contributed by atoms with Crippen LogP contribution < -0.4 is 10.1 Å². The Morgan fingerprint density at radius 3 is 2.64 bits per heavy atom. The SMILES string of the molecule is COc1ccc(-c2cc(C(=O)Nc3ncn(Cc4ccccc4)n3)c3cnn(C)c3n2)cc1. The molecule has 0 spiro atoms. The zero-order valence-corrected chi connectivity index (χ0v) is 18.1. The first-order chi connectivity index (χ1) is 16.1. The standard InChI is InChI=1S/C24H21N7O2/c1-30-22-20(13-26-30)19(12-21(27-22)17-8-10-18(33-2)11-9-17)23(32)28-24-25-15-31(29-24)14-16-6-4-3-5-7-16/h3-13,15H,14H2,1-2H3,(H,28,29,32). The van der Waals surface area contributed by atoms with Crippen molar-refractivity contribution in [2.75, 3.05) is 12.4 Å². The van der Waals surface area contributed by atoms with Crippen molar-refractivity contribution in [3.05, 3.63) is 84.3 Å². The number of nitrogens with one attached hydrogen (secondary N) is 1. The van der Waals surface area contributed by atoms with Crippen LogP contribution in [-0.2, 0) is 13.6 Å². The van der Waals surface area contributed by atoms with Crippen LogP contribution in [0.1, 0.15) is 15.9 Å². The highest BCUT2D eigenvalue weighted by Gasteiger charge is 2.18. The van der Waals surface area contributed by atoms with Gasteiger partial charge in [0.05, 0.1) is 36.5 Å². The number of aryl methyl sites for hydroxylation is 1. The number of fused-ring (bicyclic) bond motifs is 1. The fraction of sp³-hybridized carbons (Fsp3) is 0.125. The molecule has 3 aromatic heterocycles. The van der Waals surface area contributed by atoms with Gasteiger partial charge in [0.25, 0.3) is 5.91 Å². The van der Waals surface area contributed by atoms with Crippen LogP contribution in [0, 0.1) is 0 Å². The summed E-state index contributed by atoms with van der Waals surface area (Å²) in [6.07, 6.45) is 3.23. The second-order valence-electron chi connectivity index (χ2n) is 7.49. The van der Waals surface area contributed by atoms with Crippen molar-refractivity contribution in [3.63, 3.8) is 0 Å². The van der Waals surface area contributed by atoms with E-state index in [1.807, 2.05) is 54.6 Å². The maximum Gasteiger partial charge on any atom is 0.258 e. The minimum Gasteiger partial charge on any atom is -0.497 e. The zero-order valence-electron chi connectivity index (χ0n) is 18.1. The van der Waals surface area contributed by atoms with E-state index in [4.69, 9.17) is 9.72 Å². The zero-order chi connectivity index (χ0) is 22.8. The molecule has 0 aliphatic heterocycles. The van der Waals surface area contributed by atoms with Crippen molar-refractivity contribution < 1.29 is 9.53 Å². The summed E-state index contributed by atoms with van der Waals surface area (Å²) in [6, 6.07) is 19.2. The lowest BCUT2D eigenvalue weighted by Gasteiger charge is -2.08. The van der Waals surface area contributed by atoms with E-state index in [9.17, 15) is 4.79 Å². The van der Waals surface area contributed by atoms with E-state index < -0.39 is 0 Å². The average molecular weight is 439 g/mol. The molecule has 0 aliphatic rings. The number of pyridine rings is 1. The fourth-order valence-electron chi connectivity index (χ4n) is 3.58. The monoisotopic (exact) mass is 439 g/mol. The summed E-state index contributed by atoms with van der Waals surface area (Å²) >= 11 is 0. The minimum absolute atomic E-state index is 0.232. The molecule has 0 bridgehead atoms. The smallest absolute Gasteiger partial charge is 0.258 e. The molecule has 0 saturated carbocycles. The molecule has 3 heterocycles. The first-order valence-electron chi connectivity index (χ1n) is 10.3. The fourth-order valence-corrected chi connectivity index (χ4v) is 3.58. The van der Waals surface area contributed by atoms with Crippen LogP contribution in [0.3, 0.4) is 0 Å². The second-order valence-corrected chi connectivity index (χ2v) is 7.49. The summed E-state index contributed by atoms with van der Waals surface area (Å²) in [5.41, 5.74) is 3.66. The Morgan fingerprint density at radius 1 is 1.09 bits per heavy atom. The molecular weight excluding hydrogens is 418 g/mol. The third-order valence-electron chi connectivity index (χ3n) is 5.28. The van der Waals surface area contributed by atoms with E-state index in [0.29, 0.717) is 28.8 Å². The van der Waals surface area contributed by atoms with Gasteiger partial charge in [-0.25, -0.2) is 14.6 Å².